The Morgan fingerprint density at radius 3 is 2.44 bits per heavy atom. The Hall–Kier alpha value is -0.0800. The molecule has 2 rings (SSSR count). The van der Waals surface area contributed by atoms with Crippen LogP contribution in [0.25, 0.3) is 0 Å². The fraction of sp³-hybridized carbons (Fsp3) is 1.00. The van der Waals surface area contributed by atoms with E-state index in [0.29, 0.717) is 5.54 Å². The van der Waals surface area contributed by atoms with Crippen molar-refractivity contribution >= 4 is 0 Å². The number of hydrogen-bond donors (Lipinski definition) is 2. The number of rotatable bonds is 0. The van der Waals surface area contributed by atoms with Crippen LogP contribution in [-0.4, -0.2) is 23.3 Å². The summed E-state index contributed by atoms with van der Waals surface area (Å²) in [4.78, 5) is 0. The molecule has 1 aliphatic carbocycles. The second kappa shape index (κ2) is 1.70. The van der Waals surface area contributed by atoms with Crippen LogP contribution in [0.2, 0.25) is 0 Å². The molecule has 1 aliphatic heterocycles. The van der Waals surface area contributed by atoms with E-state index in [2.05, 4.69) is 5.32 Å². The normalized spacial score (nSPS) is 39.0. The molecule has 52 valence electrons. The zero-order chi connectivity index (χ0) is 6.32. The zero-order valence-corrected chi connectivity index (χ0v) is 5.56. The summed E-state index contributed by atoms with van der Waals surface area (Å²) in [5.74, 6) is 0. The van der Waals surface area contributed by atoms with Gasteiger partial charge in [-0.3, -0.25) is 0 Å². The summed E-state index contributed by atoms with van der Waals surface area (Å²) in [5, 5.41) is 12.5. The molecule has 1 unspecified atom stereocenters. The topological polar surface area (TPSA) is 32.3 Å². The van der Waals surface area contributed by atoms with Crippen LogP contribution in [0.3, 0.4) is 0 Å². The summed E-state index contributed by atoms with van der Waals surface area (Å²) in [6, 6.07) is 0. The van der Waals surface area contributed by atoms with Crippen LogP contribution in [-0.2, 0) is 0 Å². The lowest BCUT2D eigenvalue weighted by molar-refractivity contribution is 0.156. The highest BCUT2D eigenvalue weighted by Crippen LogP contribution is 2.38. The molecular weight excluding hydrogens is 114 g/mol. The van der Waals surface area contributed by atoms with Gasteiger partial charge < -0.3 is 10.4 Å². The molecule has 0 aromatic carbocycles. The van der Waals surface area contributed by atoms with E-state index in [1.165, 1.54) is 19.3 Å². The molecule has 1 atom stereocenters. The van der Waals surface area contributed by atoms with Crippen LogP contribution < -0.4 is 5.32 Å². The fourth-order valence-corrected chi connectivity index (χ4v) is 1.91. The lowest BCUT2D eigenvalue weighted by Gasteiger charge is -2.38. The van der Waals surface area contributed by atoms with Crippen molar-refractivity contribution in [3.63, 3.8) is 0 Å². The van der Waals surface area contributed by atoms with Crippen LogP contribution in [0.1, 0.15) is 25.7 Å². The van der Waals surface area contributed by atoms with Gasteiger partial charge in [0.2, 0.25) is 0 Å². The van der Waals surface area contributed by atoms with Gasteiger partial charge in [-0.25, -0.2) is 0 Å². The van der Waals surface area contributed by atoms with E-state index in [-0.39, 0.29) is 6.10 Å². The molecule has 1 saturated heterocycles. The Morgan fingerprint density at radius 1 is 1.44 bits per heavy atom. The Morgan fingerprint density at radius 2 is 2.22 bits per heavy atom. The van der Waals surface area contributed by atoms with Gasteiger partial charge in [0.15, 0.2) is 0 Å². The highest BCUT2D eigenvalue weighted by Gasteiger charge is 2.42. The quantitative estimate of drug-likeness (QED) is 0.489. The average Bonchev–Trinajstić information content (AvgIpc) is 2.09. The minimum absolute atomic E-state index is 0.0645. The number of hydrogen-bond acceptors (Lipinski definition) is 2. The van der Waals surface area contributed by atoms with E-state index in [9.17, 15) is 0 Å². The van der Waals surface area contributed by atoms with Crippen molar-refractivity contribution in [1.82, 2.24) is 5.32 Å². The van der Waals surface area contributed by atoms with Crippen LogP contribution in [0, 0.1) is 0 Å². The van der Waals surface area contributed by atoms with Crippen LogP contribution in [0.4, 0.5) is 0 Å². The van der Waals surface area contributed by atoms with E-state index in [1.807, 2.05) is 0 Å². The molecule has 2 heteroatoms. The number of β-amino-alcohol motifs (C(OH)–C–C–N with tert-alkyl or cyclic N) is 1. The van der Waals surface area contributed by atoms with Crippen molar-refractivity contribution in [3.05, 3.63) is 0 Å². The molecule has 2 N–H and O–H groups in total. The zero-order valence-electron chi connectivity index (χ0n) is 5.56. The third-order valence-corrected chi connectivity index (χ3v) is 2.65. The monoisotopic (exact) mass is 127 g/mol. The SMILES string of the molecule is OC1CNC2(CCC2)C1. The lowest BCUT2D eigenvalue weighted by atomic mass is 9.76. The van der Waals surface area contributed by atoms with Crippen LogP contribution in [0.15, 0.2) is 0 Å². The Labute approximate surface area is 55.3 Å². The Balaban J connectivity index is 1.99. The summed E-state index contributed by atoms with van der Waals surface area (Å²) in [6.45, 7) is 0.819. The molecule has 2 fully saturated rings. The first-order valence-electron chi connectivity index (χ1n) is 3.74. The Kier molecular flexibility index (Phi) is 1.08. The molecule has 1 spiro atoms. The average molecular weight is 127 g/mol. The maximum atomic E-state index is 9.17. The van der Waals surface area contributed by atoms with Gasteiger partial charge in [0.25, 0.3) is 0 Å². The molecule has 0 aromatic heterocycles. The Bertz CT molecular complexity index is 120. The lowest BCUT2D eigenvalue weighted by Crippen LogP contribution is -2.45. The molecule has 1 saturated carbocycles. The fourth-order valence-electron chi connectivity index (χ4n) is 1.91. The summed E-state index contributed by atoms with van der Waals surface area (Å²) in [5.41, 5.74) is 0.388. The summed E-state index contributed by atoms with van der Waals surface area (Å²) >= 11 is 0. The second-order valence-electron chi connectivity index (χ2n) is 3.37. The van der Waals surface area contributed by atoms with Gasteiger partial charge in [-0.1, -0.05) is 0 Å². The maximum absolute atomic E-state index is 9.17. The molecular formula is C7H13NO. The largest absolute Gasteiger partial charge is 0.392 e. The van der Waals surface area contributed by atoms with Gasteiger partial charge in [-0.15, -0.1) is 0 Å². The summed E-state index contributed by atoms with van der Waals surface area (Å²) in [7, 11) is 0. The molecule has 0 amide bonds. The molecule has 0 aromatic rings. The maximum Gasteiger partial charge on any atom is 0.0682 e. The van der Waals surface area contributed by atoms with Crippen molar-refractivity contribution in [2.24, 2.45) is 0 Å². The van der Waals surface area contributed by atoms with Crippen molar-refractivity contribution in [3.8, 4) is 0 Å². The van der Waals surface area contributed by atoms with Crippen molar-refractivity contribution in [2.45, 2.75) is 37.3 Å². The van der Waals surface area contributed by atoms with Crippen molar-refractivity contribution < 1.29 is 5.11 Å². The third-order valence-electron chi connectivity index (χ3n) is 2.65. The van der Waals surface area contributed by atoms with Crippen LogP contribution >= 0.6 is 0 Å². The molecule has 1 heterocycles. The van der Waals surface area contributed by atoms with E-state index < -0.39 is 0 Å². The summed E-state index contributed by atoms with van der Waals surface area (Å²) in [6.07, 6.45) is 4.84. The molecule has 0 radical (unpaired) electrons. The van der Waals surface area contributed by atoms with Gasteiger partial charge in [0.1, 0.15) is 0 Å². The van der Waals surface area contributed by atoms with E-state index in [4.69, 9.17) is 5.11 Å². The molecule has 2 aliphatic rings. The van der Waals surface area contributed by atoms with Gasteiger partial charge >= 0.3 is 0 Å². The number of aliphatic hydroxyl groups is 1. The highest BCUT2D eigenvalue weighted by molar-refractivity contribution is 5.02. The van der Waals surface area contributed by atoms with Gasteiger partial charge in [0, 0.05) is 12.1 Å². The first-order chi connectivity index (χ1) is 4.31. The number of nitrogens with one attached hydrogen (secondary N) is 1. The highest BCUT2D eigenvalue weighted by atomic mass is 16.3. The third kappa shape index (κ3) is 0.775. The second-order valence-corrected chi connectivity index (χ2v) is 3.37. The van der Waals surface area contributed by atoms with Gasteiger partial charge in [-0.05, 0) is 25.7 Å². The minimum Gasteiger partial charge on any atom is -0.392 e. The van der Waals surface area contributed by atoms with Gasteiger partial charge in [-0.2, -0.15) is 0 Å². The van der Waals surface area contributed by atoms with E-state index in [1.54, 1.807) is 0 Å². The molecule has 0 bridgehead atoms. The first-order valence-corrected chi connectivity index (χ1v) is 3.74. The van der Waals surface area contributed by atoms with Crippen molar-refractivity contribution in [2.75, 3.05) is 6.54 Å². The smallest absolute Gasteiger partial charge is 0.0682 e. The predicted octanol–water partition coefficient (Wildman–Crippen LogP) is 0.263. The standard InChI is InChI=1S/C7H13NO/c9-6-4-7(8-5-6)2-1-3-7/h6,8-9H,1-5H2. The van der Waals surface area contributed by atoms with E-state index >= 15 is 0 Å². The first kappa shape index (κ1) is 5.69. The minimum atomic E-state index is -0.0645. The predicted molar refractivity (Wildman–Crippen MR) is 35.2 cm³/mol. The number of aliphatic hydroxyl groups excluding tert-OH is 1. The van der Waals surface area contributed by atoms with Crippen molar-refractivity contribution in [1.29, 1.82) is 0 Å². The molecule has 2 nitrogen and oxygen atoms in total. The van der Waals surface area contributed by atoms with Crippen LogP contribution in [0.5, 0.6) is 0 Å². The molecule has 9 heavy (non-hydrogen) atoms. The summed E-state index contributed by atoms with van der Waals surface area (Å²) < 4.78 is 0. The van der Waals surface area contributed by atoms with E-state index in [0.717, 1.165) is 13.0 Å². The van der Waals surface area contributed by atoms with Gasteiger partial charge in [0.05, 0.1) is 6.10 Å².